The van der Waals surface area contributed by atoms with Crippen molar-refractivity contribution in [1.29, 1.82) is 0 Å². The summed E-state index contributed by atoms with van der Waals surface area (Å²) < 4.78 is 18.7. The molecule has 0 aromatic rings. The molecule has 1 amide bonds. The van der Waals surface area contributed by atoms with Gasteiger partial charge >= 0.3 is 6.09 Å². The van der Waals surface area contributed by atoms with Crippen LogP contribution in [0.5, 0.6) is 0 Å². The molecule has 1 rings (SSSR count). The van der Waals surface area contributed by atoms with Crippen molar-refractivity contribution in [2.45, 2.75) is 58.0 Å². The largest absolute Gasteiger partial charge is 0.444 e. The summed E-state index contributed by atoms with van der Waals surface area (Å²) in [6.07, 6.45) is -1.48. The molecule has 0 bridgehead atoms. The van der Waals surface area contributed by atoms with E-state index in [-0.39, 0.29) is 19.1 Å². The minimum absolute atomic E-state index is 0.234. The topological polar surface area (TPSA) is 49.8 Å². The zero-order valence-corrected chi connectivity index (χ0v) is 10.2. The third-order valence-corrected chi connectivity index (χ3v) is 2.61. The molecule has 0 saturated carbocycles. The first-order valence-electron chi connectivity index (χ1n) is 5.52. The molecule has 1 saturated heterocycles. The molecule has 1 unspecified atom stereocenters. The van der Waals surface area contributed by atoms with Crippen molar-refractivity contribution in [2.75, 3.05) is 6.61 Å². The Kier molecular flexibility index (Phi) is 3.78. The first kappa shape index (κ1) is 13.2. The molecule has 16 heavy (non-hydrogen) atoms. The van der Waals surface area contributed by atoms with Crippen LogP contribution < -0.4 is 0 Å². The van der Waals surface area contributed by atoms with Crippen molar-refractivity contribution in [3.05, 3.63) is 0 Å². The maximum absolute atomic E-state index is 13.5. The summed E-state index contributed by atoms with van der Waals surface area (Å²) in [5.41, 5.74) is -0.606. The summed E-state index contributed by atoms with van der Waals surface area (Å²) in [5.74, 6) is 0. The highest BCUT2D eigenvalue weighted by atomic mass is 19.1. The number of hydrogen-bond acceptors (Lipinski definition) is 3. The highest BCUT2D eigenvalue weighted by molar-refractivity contribution is 5.69. The number of amides is 1. The lowest BCUT2D eigenvalue weighted by molar-refractivity contribution is 0.00636. The van der Waals surface area contributed by atoms with Crippen LogP contribution in [0.1, 0.15) is 34.1 Å². The standard InChI is InChI=1S/C11H20FNO3/c1-7-5-8(12)9(6-14)13(7)10(15)16-11(2,3)4/h7-9,14H,5-6H2,1-4H3/t7-,8+,9?/m1/s1. The van der Waals surface area contributed by atoms with E-state index in [0.29, 0.717) is 0 Å². The predicted molar refractivity (Wildman–Crippen MR) is 57.9 cm³/mol. The lowest BCUT2D eigenvalue weighted by Crippen LogP contribution is -2.46. The maximum Gasteiger partial charge on any atom is 0.410 e. The van der Waals surface area contributed by atoms with Gasteiger partial charge in [0.05, 0.1) is 12.6 Å². The van der Waals surface area contributed by atoms with Crippen molar-refractivity contribution in [2.24, 2.45) is 0 Å². The van der Waals surface area contributed by atoms with Crippen LogP contribution in [-0.4, -0.2) is 46.6 Å². The predicted octanol–water partition coefficient (Wildman–Crippen LogP) is 1.71. The minimum Gasteiger partial charge on any atom is -0.444 e. The van der Waals surface area contributed by atoms with E-state index >= 15 is 0 Å². The van der Waals surface area contributed by atoms with E-state index in [4.69, 9.17) is 9.84 Å². The second kappa shape index (κ2) is 4.57. The van der Waals surface area contributed by atoms with Gasteiger partial charge in [0, 0.05) is 12.5 Å². The Morgan fingerprint density at radius 3 is 2.56 bits per heavy atom. The van der Waals surface area contributed by atoms with Crippen LogP contribution in [0, 0.1) is 0 Å². The average Bonchev–Trinajstić information content (AvgIpc) is 2.37. The van der Waals surface area contributed by atoms with E-state index in [1.165, 1.54) is 4.90 Å². The molecule has 94 valence electrons. The Morgan fingerprint density at radius 1 is 1.56 bits per heavy atom. The van der Waals surface area contributed by atoms with Crippen molar-refractivity contribution in [1.82, 2.24) is 4.90 Å². The van der Waals surface area contributed by atoms with Gasteiger partial charge in [-0.2, -0.15) is 0 Å². The molecule has 1 fully saturated rings. The van der Waals surface area contributed by atoms with Crippen LogP contribution >= 0.6 is 0 Å². The quantitative estimate of drug-likeness (QED) is 0.750. The maximum atomic E-state index is 13.5. The van der Waals surface area contributed by atoms with Gasteiger partial charge in [-0.05, 0) is 27.7 Å². The normalized spacial score (nSPS) is 30.6. The molecule has 3 atom stereocenters. The molecule has 0 aromatic carbocycles. The number of ether oxygens (including phenoxy) is 1. The third kappa shape index (κ3) is 2.84. The van der Waals surface area contributed by atoms with Gasteiger partial charge in [0.1, 0.15) is 11.8 Å². The van der Waals surface area contributed by atoms with Crippen molar-refractivity contribution >= 4 is 6.09 Å². The molecule has 5 heteroatoms. The van der Waals surface area contributed by atoms with E-state index in [2.05, 4.69) is 0 Å². The molecule has 0 radical (unpaired) electrons. The third-order valence-electron chi connectivity index (χ3n) is 2.61. The number of hydrogen-bond donors (Lipinski definition) is 1. The number of halogens is 1. The number of aliphatic hydroxyl groups excluding tert-OH is 1. The minimum atomic E-state index is -1.17. The molecule has 4 nitrogen and oxygen atoms in total. The number of nitrogens with zero attached hydrogens (tertiary/aromatic N) is 1. The fourth-order valence-electron chi connectivity index (χ4n) is 1.93. The summed E-state index contributed by atoms with van der Waals surface area (Å²) >= 11 is 0. The number of carbonyl (C=O) groups excluding carboxylic acids is 1. The van der Waals surface area contributed by atoms with Gasteiger partial charge < -0.3 is 9.84 Å². The smallest absolute Gasteiger partial charge is 0.410 e. The fourth-order valence-corrected chi connectivity index (χ4v) is 1.93. The Morgan fingerprint density at radius 2 is 2.12 bits per heavy atom. The second-order valence-electron chi connectivity index (χ2n) is 5.24. The van der Waals surface area contributed by atoms with E-state index in [1.807, 2.05) is 0 Å². The number of likely N-dealkylation sites (tertiary alicyclic amines) is 1. The van der Waals surface area contributed by atoms with E-state index in [0.717, 1.165) is 0 Å². The van der Waals surface area contributed by atoms with Crippen molar-refractivity contribution in [3.8, 4) is 0 Å². The Balaban J connectivity index is 2.74. The van der Waals surface area contributed by atoms with Crippen LogP contribution in [-0.2, 0) is 4.74 Å². The van der Waals surface area contributed by atoms with Crippen molar-refractivity contribution < 1.29 is 19.0 Å². The molecule has 0 aliphatic carbocycles. The molecular weight excluding hydrogens is 213 g/mol. The molecule has 1 aliphatic heterocycles. The number of rotatable bonds is 1. The van der Waals surface area contributed by atoms with Gasteiger partial charge in [0.25, 0.3) is 0 Å². The van der Waals surface area contributed by atoms with Gasteiger partial charge in [-0.1, -0.05) is 0 Å². The summed E-state index contributed by atoms with van der Waals surface area (Å²) in [5, 5.41) is 9.08. The van der Waals surface area contributed by atoms with E-state index in [1.54, 1.807) is 27.7 Å². The summed E-state index contributed by atoms with van der Waals surface area (Å²) in [6, 6.07) is -1.01. The summed E-state index contributed by atoms with van der Waals surface area (Å²) in [6.45, 7) is 6.66. The van der Waals surface area contributed by atoms with Crippen molar-refractivity contribution in [3.63, 3.8) is 0 Å². The SMILES string of the molecule is C[C@@H]1C[C@H](F)C(CO)N1C(=O)OC(C)(C)C. The molecular formula is C11H20FNO3. The zero-order valence-electron chi connectivity index (χ0n) is 10.2. The molecule has 1 aliphatic rings. The monoisotopic (exact) mass is 233 g/mol. The summed E-state index contributed by atoms with van der Waals surface area (Å²) in [4.78, 5) is 13.1. The van der Waals surface area contributed by atoms with Crippen LogP contribution in [0.3, 0.4) is 0 Å². The molecule has 0 spiro atoms. The first-order chi connectivity index (χ1) is 7.26. The first-order valence-corrected chi connectivity index (χ1v) is 5.52. The molecule has 0 aromatic heterocycles. The highest BCUT2D eigenvalue weighted by Crippen LogP contribution is 2.28. The van der Waals surface area contributed by atoms with E-state index in [9.17, 15) is 9.18 Å². The van der Waals surface area contributed by atoms with Gasteiger partial charge in [-0.3, -0.25) is 4.90 Å². The molecule has 1 N–H and O–H groups in total. The highest BCUT2D eigenvalue weighted by Gasteiger charge is 2.43. The lowest BCUT2D eigenvalue weighted by atomic mass is 10.2. The van der Waals surface area contributed by atoms with Gasteiger partial charge in [0.15, 0.2) is 0 Å². The number of alkyl halides is 1. The second-order valence-corrected chi connectivity index (χ2v) is 5.24. The average molecular weight is 233 g/mol. The van der Waals surface area contributed by atoms with Crippen LogP contribution in [0.2, 0.25) is 0 Å². The van der Waals surface area contributed by atoms with Gasteiger partial charge in [-0.25, -0.2) is 9.18 Å². The molecule has 1 heterocycles. The van der Waals surface area contributed by atoms with Gasteiger partial charge in [-0.15, -0.1) is 0 Å². The van der Waals surface area contributed by atoms with E-state index < -0.39 is 23.9 Å². The fraction of sp³-hybridized carbons (Fsp3) is 0.909. The zero-order chi connectivity index (χ0) is 12.5. The van der Waals surface area contributed by atoms with Gasteiger partial charge in [0.2, 0.25) is 0 Å². The van der Waals surface area contributed by atoms with Crippen LogP contribution in [0.25, 0.3) is 0 Å². The number of aliphatic hydroxyl groups is 1. The van der Waals surface area contributed by atoms with Crippen LogP contribution in [0.15, 0.2) is 0 Å². The van der Waals surface area contributed by atoms with Crippen LogP contribution in [0.4, 0.5) is 9.18 Å². The Bertz CT molecular complexity index is 264. The lowest BCUT2D eigenvalue weighted by Gasteiger charge is -2.30. The Hall–Kier alpha value is -0.840. The Labute approximate surface area is 95.4 Å². The number of carbonyl (C=O) groups is 1. The summed E-state index contributed by atoms with van der Waals surface area (Å²) in [7, 11) is 0.